The van der Waals surface area contributed by atoms with Gasteiger partial charge in [-0.25, -0.2) is 8.42 Å². The van der Waals surface area contributed by atoms with Crippen molar-refractivity contribution in [3.8, 4) is 5.75 Å². The molecular weight excluding hydrogens is 364 g/mol. The SMILES string of the molecule is CCOc1ccc(S(=O)(=O)Nc2c(C)cccc2C(N)=O)c2ccccc12. The zero-order chi connectivity index (χ0) is 19.6. The van der Waals surface area contributed by atoms with Gasteiger partial charge in [-0.1, -0.05) is 36.4 Å². The largest absolute Gasteiger partial charge is 0.493 e. The fourth-order valence-corrected chi connectivity index (χ4v) is 4.32. The Labute approximate surface area is 158 Å². The Morgan fingerprint density at radius 1 is 1.04 bits per heavy atom. The summed E-state index contributed by atoms with van der Waals surface area (Å²) in [5.41, 5.74) is 6.30. The number of anilines is 1. The monoisotopic (exact) mass is 384 g/mol. The topological polar surface area (TPSA) is 98.5 Å². The van der Waals surface area contributed by atoms with Crippen molar-refractivity contribution in [2.45, 2.75) is 18.7 Å². The van der Waals surface area contributed by atoms with Crippen LogP contribution >= 0.6 is 0 Å². The third-order valence-electron chi connectivity index (χ3n) is 4.21. The van der Waals surface area contributed by atoms with Crippen molar-refractivity contribution < 1.29 is 17.9 Å². The van der Waals surface area contributed by atoms with E-state index in [1.807, 2.05) is 19.1 Å². The van der Waals surface area contributed by atoms with Crippen LogP contribution in [0.2, 0.25) is 0 Å². The highest BCUT2D eigenvalue weighted by Gasteiger charge is 2.22. The highest BCUT2D eigenvalue weighted by atomic mass is 32.2. The second-order valence-corrected chi connectivity index (χ2v) is 7.66. The van der Waals surface area contributed by atoms with Crippen LogP contribution in [0.15, 0.2) is 59.5 Å². The summed E-state index contributed by atoms with van der Waals surface area (Å²) in [6.07, 6.45) is 0. The molecule has 0 spiro atoms. The molecule has 0 aliphatic carbocycles. The lowest BCUT2D eigenvalue weighted by molar-refractivity contribution is 0.100. The third-order valence-corrected chi connectivity index (χ3v) is 5.62. The van der Waals surface area contributed by atoms with E-state index in [-0.39, 0.29) is 16.1 Å². The quantitative estimate of drug-likeness (QED) is 0.680. The zero-order valence-electron chi connectivity index (χ0n) is 15.0. The van der Waals surface area contributed by atoms with Gasteiger partial charge in [-0.2, -0.15) is 0 Å². The van der Waals surface area contributed by atoms with E-state index in [1.54, 1.807) is 37.3 Å². The summed E-state index contributed by atoms with van der Waals surface area (Å²) in [7, 11) is -3.96. The number of nitrogens with two attached hydrogens (primary N) is 1. The van der Waals surface area contributed by atoms with Crippen LogP contribution in [0, 0.1) is 6.92 Å². The first kappa shape index (κ1) is 18.7. The van der Waals surface area contributed by atoms with Gasteiger partial charge in [0.15, 0.2) is 0 Å². The number of carbonyl (C=O) groups is 1. The number of amides is 1. The lowest BCUT2D eigenvalue weighted by Crippen LogP contribution is -2.19. The Balaban J connectivity index is 2.15. The van der Waals surface area contributed by atoms with E-state index >= 15 is 0 Å². The number of hydrogen-bond donors (Lipinski definition) is 2. The molecule has 0 atom stereocenters. The number of nitrogens with one attached hydrogen (secondary N) is 1. The number of aryl methyl sites for hydroxylation is 1. The molecule has 7 heteroatoms. The van der Waals surface area contributed by atoms with Crippen molar-refractivity contribution in [3.63, 3.8) is 0 Å². The molecule has 27 heavy (non-hydrogen) atoms. The van der Waals surface area contributed by atoms with Gasteiger partial charge in [0, 0.05) is 10.8 Å². The molecule has 0 saturated heterocycles. The van der Waals surface area contributed by atoms with Crippen molar-refractivity contribution >= 4 is 32.4 Å². The van der Waals surface area contributed by atoms with Gasteiger partial charge < -0.3 is 10.5 Å². The highest BCUT2D eigenvalue weighted by Crippen LogP contribution is 2.33. The number of fused-ring (bicyclic) bond motifs is 1. The van der Waals surface area contributed by atoms with Gasteiger partial charge in [0.1, 0.15) is 5.75 Å². The zero-order valence-corrected chi connectivity index (χ0v) is 15.8. The molecule has 0 fully saturated rings. The van der Waals surface area contributed by atoms with Crippen LogP contribution in [-0.2, 0) is 10.0 Å². The fraction of sp³-hybridized carbons (Fsp3) is 0.150. The number of ether oxygens (including phenoxy) is 1. The Kier molecular flexibility index (Phi) is 5.05. The molecule has 0 bridgehead atoms. The Hall–Kier alpha value is -3.06. The van der Waals surface area contributed by atoms with Crippen LogP contribution in [0.3, 0.4) is 0 Å². The summed E-state index contributed by atoms with van der Waals surface area (Å²) in [5, 5.41) is 1.23. The normalized spacial score (nSPS) is 11.3. The summed E-state index contributed by atoms with van der Waals surface area (Å²) in [4.78, 5) is 11.8. The maximum absolute atomic E-state index is 13.1. The molecule has 6 nitrogen and oxygen atoms in total. The number of carbonyl (C=O) groups excluding carboxylic acids is 1. The van der Waals surface area contributed by atoms with Crippen LogP contribution in [0.25, 0.3) is 10.8 Å². The molecule has 0 unspecified atom stereocenters. The summed E-state index contributed by atoms with van der Waals surface area (Å²) >= 11 is 0. The summed E-state index contributed by atoms with van der Waals surface area (Å²) in [6.45, 7) is 4.05. The lowest BCUT2D eigenvalue weighted by Gasteiger charge is -2.16. The molecule has 0 aliphatic heterocycles. The third kappa shape index (κ3) is 3.59. The Morgan fingerprint density at radius 2 is 1.74 bits per heavy atom. The van der Waals surface area contributed by atoms with E-state index < -0.39 is 15.9 Å². The van der Waals surface area contributed by atoms with Gasteiger partial charge in [-0.05, 0) is 37.6 Å². The minimum absolute atomic E-state index is 0.0974. The number of rotatable bonds is 6. The number of sulfonamides is 1. The number of primary amides is 1. The van der Waals surface area contributed by atoms with Crippen LogP contribution in [-0.4, -0.2) is 20.9 Å². The molecule has 3 N–H and O–H groups in total. The molecule has 0 saturated carbocycles. The molecular formula is C20H20N2O4S. The number of para-hydroxylation sites is 1. The Bertz CT molecular complexity index is 1120. The fourth-order valence-electron chi connectivity index (χ4n) is 2.96. The van der Waals surface area contributed by atoms with Crippen molar-refractivity contribution in [1.82, 2.24) is 0 Å². The van der Waals surface area contributed by atoms with Crippen LogP contribution in [0.4, 0.5) is 5.69 Å². The van der Waals surface area contributed by atoms with Gasteiger partial charge in [0.2, 0.25) is 0 Å². The van der Waals surface area contributed by atoms with Crippen molar-refractivity contribution in [2.75, 3.05) is 11.3 Å². The van der Waals surface area contributed by atoms with Crippen molar-refractivity contribution in [1.29, 1.82) is 0 Å². The molecule has 0 heterocycles. The first-order chi connectivity index (χ1) is 12.8. The van der Waals surface area contributed by atoms with Gasteiger partial charge in [0.05, 0.1) is 22.8 Å². The van der Waals surface area contributed by atoms with E-state index in [4.69, 9.17) is 10.5 Å². The van der Waals surface area contributed by atoms with Gasteiger partial charge in [-0.3, -0.25) is 9.52 Å². The van der Waals surface area contributed by atoms with Gasteiger partial charge in [-0.15, -0.1) is 0 Å². The lowest BCUT2D eigenvalue weighted by atomic mass is 10.1. The maximum Gasteiger partial charge on any atom is 0.262 e. The molecule has 3 aromatic rings. The summed E-state index contributed by atoms with van der Waals surface area (Å²) in [6, 6.07) is 15.1. The average molecular weight is 384 g/mol. The predicted octanol–water partition coefficient (Wildman–Crippen LogP) is 3.45. The predicted molar refractivity (Wildman–Crippen MR) is 106 cm³/mol. The van der Waals surface area contributed by atoms with Gasteiger partial charge >= 0.3 is 0 Å². The minimum atomic E-state index is -3.96. The summed E-state index contributed by atoms with van der Waals surface area (Å²) in [5.74, 6) is -0.0891. The highest BCUT2D eigenvalue weighted by molar-refractivity contribution is 7.93. The second kappa shape index (κ2) is 7.28. The molecule has 1 amide bonds. The Morgan fingerprint density at radius 3 is 2.41 bits per heavy atom. The maximum atomic E-state index is 13.1. The van der Waals surface area contributed by atoms with Crippen molar-refractivity contribution in [3.05, 3.63) is 65.7 Å². The summed E-state index contributed by atoms with van der Waals surface area (Å²) < 4.78 is 34.3. The van der Waals surface area contributed by atoms with E-state index in [9.17, 15) is 13.2 Å². The standard InChI is InChI=1S/C20H20N2O4S/c1-3-26-17-11-12-18(15-9-5-4-8-14(15)17)27(24,25)22-19-13(2)7-6-10-16(19)20(21)23/h4-12,22H,3H2,1-2H3,(H2,21,23). The molecule has 3 aromatic carbocycles. The van der Waals surface area contributed by atoms with E-state index in [2.05, 4.69) is 4.72 Å². The average Bonchev–Trinajstić information content (AvgIpc) is 2.63. The van der Waals surface area contributed by atoms with Crippen LogP contribution < -0.4 is 15.2 Å². The first-order valence-electron chi connectivity index (χ1n) is 8.42. The van der Waals surface area contributed by atoms with Gasteiger partial charge in [0.25, 0.3) is 15.9 Å². The smallest absolute Gasteiger partial charge is 0.262 e. The first-order valence-corrected chi connectivity index (χ1v) is 9.90. The van der Waals surface area contributed by atoms with E-state index in [0.717, 1.165) is 0 Å². The van der Waals surface area contributed by atoms with Crippen molar-refractivity contribution in [2.24, 2.45) is 5.73 Å². The number of hydrogen-bond acceptors (Lipinski definition) is 4. The van der Waals surface area contributed by atoms with E-state index in [0.29, 0.717) is 28.7 Å². The van der Waals surface area contributed by atoms with Crippen LogP contribution in [0.1, 0.15) is 22.8 Å². The number of benzene rings is 3. The van der Waals surface area contributed by atoms with Crippen LogP contribution in [0.5, 0.6) is 5.75 Å². The second-order valence-electron chi connectivity index (χ2n) is 6.01. The molecule has 0 radical (unpaired) electrons. The minimum Gasteiger partial charge on any atom is -0.493 e. The molecule has 3 rings (SSSR count). The molecule has 0 aromatic heterocycles. The van der Waals surface area contributed by atoms with E-state index in [1.165, 1.54) is 12.1 Å². The molecule has 140 valence electrons. The molecule has 0 aliphatic rings.